The number of nitrogens with zero attached hydrogens (tertiary/aromatic N) is 2. The van der Waals surface area contributed by atoms with Gasteiger partial charge in [-0.3, -0.25) is 14.4 Å². The molecule has 2 aromatic rings. The lowest BCUT2D eigenvalue weighted by atomic mass is 9.94. The predicted octanol–water partition coefficient (Wildman–Crippen LogP) is 4.24. The van der Waals surface area contributed by atoms with Gasteiger partial charge in [0.15, 0.2) is 0 Å². The summed E-state index contributed by atoms with van der Waals surface area (Å²) in [6, 6.07) is 6.60. The summed E-state index contributed by atoms with van der Waals surface area (Å²) >= 11 is 0. The molecular formula is C30H32F4N4O5. The van der Waals surface area contributed by atoms with Crippen molar-refractivity contribution in [2.75, 3.05) is 11.9 Å². The number of ether oxygens (including phenoxy) is 1. The zero-order valence-electron chi connectivity index (χ0n) is 23.6. The quantitative estimate of drug-likeness (QED) is 0.413. The molecule has 1 spiro atoms. The average molecular weight is 605 g/mol. The van der Waals surface area contributed by atoms with Crippen molar-refractivity contribution < 1.29 is 41.5 Å². The second-order valence-corrected chi connectivity index (χ2v) is 11.7. The Kier molecular flexibility index (Phi) is 7.97. The molecule has 1 saturated heterocycles. The Labute approximate surface area is 245 Å². The third-order valence-electron chi connectivity index (χ3n) is 8.27. The second kappa shape index (κ2) is 11.3. The molecule has 1 heterocycles. The molecule has 2 fully saturated rings. The molecular weight excluding hydrogens is 572 g/mol. The third kappa shape index (κ3) is 5.95. The summed E-state index contributed by atoms with van der Waals surface area (Å²) in [7, 11) is 0. The number of anilines is 1. The average Bonchev–Trinajstić information content (AvgIpc) is 3.66. The highest BCUT2D eigenvalue weighted by molar-refractivity contribution is 6.06. The molecule has 3 aliphatic rings. The molecule has 3 N–H and O–H groups in total. The standard InChI is InChI=1S/C30H32F4N4O5/c1-16(2)24(35)26(40)36-21-9-10-22-19(13-21)11-12-29(22)27(41)38(28(42)43-29)15-23(39)37(14-17-3-7-20(31)8-4-17)25(18-5-6-18)30(32,33)34/h3-4,7-10,13,16,18,24-25H,5-6,11-12,14-15,35H2,1-2H3,(H,36,40)/t24-,25-,29+/m1/s1. The molecule has 0 unspecified atom stereocenters. The monoisotopic (exact) mass is 604 g/mol. The lowest BCUT2D eigenvalue weighted by molar-refractivity contribution is -0.196. The third-order valence-corrected chi connectivity index (χ3v) is 8.27. The maximum atomic E-state index is 14.2. The zero-order chi connectivity index (χ0) is 31.3. The number of hydrogen-bond acceptors (Lipinski definition) is 6. The van der Waals surface area contributed by atoms with Gasteiger partial charge in [-0.25, -0.2) is 14.1 Å². The highest BCUT2D eigenvalue weighted by atomic mass is 19.4. The van der Waals surface area contributed by atoms with Gasteiger partial charge in [-0.15, -0.1) is 0 Å². The fraction of sp³-hybridized carbons (Fsp3) is 0.467. The number of nitrogens with one attached hydrogen (secondary N) is 1. The van der Waals surface area contributed by atoms with E-state index in [1.54, 1.807) is 18.2 Å². The van der Waals surface area contributed by atoms with Crippen molar-refractivity contribution in [2.45, 2.75) is 69.9 Å². The summed E-state index contributed by atoms with van der Waals surface area (Å²) in [4.78, 5) is 53.7. The number of imide groups is 1. The van der Waals surface area contributed by atoms with Crippen molar-refractivity contribution >= 4 is 29.5 Å². The maximum absolute atomic E-state index is 14.2. The Morgan fingerprint density at radius 2 is 1.81 bits per heavy atom. The number of carbonyl (C=O) groups excluding carboxylic acids is 4. The number of alkyl halides is 3. The van der Waals surface area contributed by atoms with Crippen LogP contribution in [-0.2, 0) is 37.7 Å². The van der Waals surface area contributed by atoms with Crippen molar-refractivity contribution in [3.63, 3.8) is 0 Å². The van der Waals surface area contributed by atoms with Crippen LogP contribution in [0.1, 0.15) is 49.8 Å². The first-order valence-electron chi connectivity index (χ1n) is 14.1. The Morgan fingerprint density at radius 3 is 2.42 bits per heavy atom. The van der Waals surface area contributed by atoms with Crippen LogP contribution in [-0.4, -0.2) is 58.4 Å². The van der Waals surface area contributed by atoms with E-state index in [0.29, 0.717) is 33.0 Å². The molecule has 1 aliphatic heterocycles. The number of carbonyl (C=O) groups is 4. The summed E-state index contributed by atoms with van der Waals surface area (Å²) in [5.74, 6) is -3.81. The summed E-state index contributed by atoms with van der Waals surface area (Å²) in [6.45, 7) is 2.19. The van der Waals surface area contributed by atoms with E-state index in [9.17, 15) is 36.7 Å². The number of aryl methyl sites for hydroxylation is 1. The first-order valence-corrected chi connectivity index (χ1v) is 14.1. The zero-order valence-corrected chi connectivity index (χ0v) is 23.6. The van der Waals surface area contributed by atoms with E-state index in [1.807, 2.05) is 13.8 Å². The molecule has 13 heteroatoms. The van der Waals surface area contributed by atoms with Gasteiger partial charge in [0.05, 0.1) is 6.04 Å². The van der Waals surface area contributed by atoms with Gasteiger partial charge in [-0.1, -0.05) is 32.0 Å². The Morgan fingerprint density at radius 1 is 1.14 bits per heavy atom. The fourth-order valence-electron chi connectivity index (χ4n) is 5.72. The molecule has 2 aromatic carbocycles. The highest BCUT2D eigenvalue weighted by Crippen LogP contribution is 2.47. The highest BCUT2D eigenvalue weighted by Gasteiger charge is 2.59. The molecule has 0 aromatic heterocycles. The van der Waals surface area contributed by atoms with Crippen LogP contribution in [0.25, 0.3) is 0 Å². The lowest BCUT2D eigenvalue weighted by Gasteiger charge is -2.34. The van der Waals surface area contributed by atoms with Crippen LogP contribution in [0.2, 0.25) is 0 Å². The number of nitrogens with two attached hydrogens (primary N) is 1. The van der Waals surface area contributed by atoms with Crippen LogP contribution in [0.15, 0.2) is 42.5 Å². The van der Waals surface area contributed by atoms with E-state index in [-0.39, 0.29) is 36.7 Å². The molecule has 4 amide bonds. The van der Waals surface area contributed by atoms with Gasteiger partial charge in [0.2, 0.25) is 17.4 Å². The SMILES string of the molecule is CC(C)[C@@H](N)C(=O)Nc1ccc2c(c1)CC[C@]21OC(=O)N(CC(=O)N(Cc2ccc(F)cc2)[C@H](C2CC2)C(F)(F)F)C1=O. The van der Waals surface area contributed by atoms with Gasteiger partial charge in [-0.05, 0) is 66.5 Å². The van der Waals surface area contributed by atoms with E-state index in [4.69, 9.17) is 10.5 Å². The first-order chi connectivity index (χ1) is 20.2. The summed E-state index contributed by atoms with van der Waals surface area (Å²) in [5.41, 5.74) is 5.89. The predicted molar refractivity (Wildman–Crippen MR) is 146 cm³/mol. The number of amides is 4. The molecule has 5 rings (SSSR count). The van der Waals surface area contributed by atoms with Crippen LogP contribution in [0, 0.1) is 17.7 Å². The fourth-order valence-corrected chi connectivity index (χ4v) is 5.72. The molecule has 9 nitrogen and oxygen atoms in total. The molecule has 43 heavy (non-hydrogen) atoms. The van der Waals surface area contributed by atoms with Crippen LogP contribution >= 0.6 is 0 Å². The van der Waals surface area contributed by atoms with Crippen molar-refractivity contribution in [1.29, 1.82) is 0 Å². The van der Waals surface area contributed by atoms with E-state index in [0.717, 1.165) is 12.1 Å². The van der Waals surface area contributed by atoms with Crippen LogP contribution in [0.5, 0.6) is 0 Å². The minimum Gasteiger partial charge on any atom is -0.427 e. The van der Waals surface area contributed by atoms with E-state index in [2.05, 4.69) is 5.32 Å². The number of benzene rings is 2. The van der Waals surface area contributed by atoms with Gasteiger partial charge < -0.3 is 20.7 Å². The number of fused-ring (bicyclic) bond motifs is 2. The minimum absolute atomic E-state index is 0.0625. The minimum atomic E-state index is -4.76. The normalized spacial score (nSPS) is 21.2. The van der Waals surface area contributed by atoms with Crippen LogP contribution in [0.4, 0.5) is 28.0 Å². The van der Waals surface area contributed by atoms with Gasteiger partial charge in [0.25, 0.3) is 5.91 Å². The summed E-state index contributed by atoms with van der Waals surface area (Å²) in [6.07, 6.45) is -4.98. The van der Waals surface area contributed by atoms with E-state index in [1.165, 1.54) is 12.1 Å². The Hall–Kier alpha value is -4.00. The van der Waals surface area contributed by atoms with Gasteiger partial charge >= 0.3 is 12.3 Å². The van der Waals surface area contributed by atoms with Crippen molar-refractivity contribution in [3.8, 4) is 0 Å². The van der Waals surface area contributed by atoms with E-state index >= 15 is 0 Å². The largest absolute Gasteiger partial charge is 0.427 e. The summed E-state index contributed by atoms with van der Waals surface area (Å²) < 4.78 is 61.6. The molecule has 2 aliphatic carbocycles. The molecule has 1 saturated carbocycles. The number of halogens is 4. The van der Waals surface area contributed by atoms with Gasteiger partial charge in [0.1, 0.15) is 18.4 Å². The van der Waals surface area contributed by atoms with Crippen LogP contribution in [0.3, 0.4) is 0 Å². The van der Waals surface area contributed by atoms with E-state index < -0.39 is 66.6 Å². The first kappa shape index (κ1) is 30.5. The second-order valence-electron chi connectivity index (χ2n) is 11.7. The number of rotatable bonds is 9. The Balaban J connectivity index is 1.37. The topological polar surface area (TPSA) is 122 Å². The molecule has 3 atom stereocenters. The molecule has 230 valence electrons. The summed E-state index contributed by atoms with van der Waals surface area (Å²) in [5, 5.41) is 2.73. The maximum Gasteiger partial charge on any atom is 0.418 e. The van der Waals surface area contributed by atoms with Crippen molar-refractivity contribution in [2.24, 2.45) is 17.6 Å². The smallest absolute Gasteiger partial charge is 0.418 e. The number of hydrogen-bond donors (Lipinski definition) is 2. The Bertz CT molecular complexity index is 1440. The lowest BCUT2D eigenvalue weighted by Crippen LogP contribution is -2.53. The van der Waals surface area contributed by atoms with Crippen molar-refractivity contribution in [1.82, 2.24) is 9.80 Å². The van der Waals surface area contributed by atoms with Crippen molar-refractivity contribution in [3.05, 3.63) is 65.0 Å². The van der Waals surface area contributed by atoms with Crippen LogP contribution < -0.4 is 11.1 Å². The van der Waals surface area contributed by atoms with Gasteiger partial charge in [0, 0.05) is 24.2 Å². The molecule has 0 radical (unpaired) electrons. The molecule has 0 bridgehead atoms. The van der Waals surface area contributed by atoms with Gasteiger partial charge in [-0.2, -0.15) is 13.2 Å².